The van der Waals surface area contributed by atoms with Crippen LogP contribution in [0, 0.1) is 18.3 Å². The lowest BCUT2D eigenvalue weighted by Gasteiger charge is -2.09. The van der Waals surface area contributed by atoms with E-state index >= 15 is 0 Å². The number of aromatic nitrogens is 2. The van der Waals surface area contributed by atoms with Gasteiger partial charge in [-0.05, 0) is 30.7 Å². The number of benzene rings is 2. The van der Waals surface area contributed by atoms with Gasteiger partial charge in [0.15, 0.2) is 0 Å². The molecule has 3 aromatic rings. The van der Waals surface area contributed by atoms with Crippen molar-refractivity contribution in [2.45, 2.75) is 13.5 Å². The predicted molar refractivity (Wildman–Crippen MR) is 95.0 cm³/mol. The van der Waals surface area contributed by atoms with Gasteiger partial charge in [-0.3, -0.25) is 0 Å². The van der Waals surface area contributed by atoms with Gasteiger partial charge < -0.3 is 10.6 Å². The molecule has 0 aliphatic rings. The highest BCUT2D eigenvalue weighted by atomic mass is 15.1. The first kappa shape index (κ1) is 15.5. The van der Waals surface area contributed by atoms with E-state index in [0.29, 0.717) is 23.9 Å². The normalized spacial score (nSPS) is 10.0. The average molecular weight is 315 g/mol. The monoisotopic (exact) mass is 315 g/mol. The maximum absolute atomic E-state index is 9.15. The van der Waals surface area contributed by atoms with Gasteiger partial charge in [0, 0.05) is 12.7 Å². The van der Waals surface area contributed by atoms with Crippen molar-refractivity contribution in [3.05, 3.63) is 77.5 Å². The number of nitrogens with one attached hydrogen (secondary N) is 2. The van der Waals surface area contributed by atoms with Crippen LogP contribution in [0.15, 0.2) is 60.8 Å². The molecule has 0 unspecified atom stereocenters. The summed E-state index contributed by atoms with van der Waals surface area (Å²) < 4.78 is 0. The van der Waals surface area contributed by atoms with Crippen molar-refractivity contribution in [1.82, 2.24) is 9.97 Å². The van der Waals surface area contributed by atoms with E-state index in [1.165, 1.54) is 11.1 Å². The molecule has 0 fully saturated rings. The fourth-order valence-electron chi connectivity index (χ4n) is 2.34. The molecule has 0 bridgehead atoms. The number of anilines is 3. The summed E-state index contributed by atoms with van der Waals surface area (Å²) in [5.41, 5.74) is 3.69. The van der Waals surface area contributed by atoms with Crippen LogP contribution in [0.2, 0.25) is 0 Å². The van der Waals surface area contributed by atoms with Crippen LogP contribution in [0.25, 0.3) is 0 Å². The molecule has 0 atom stereocenters. The molecule has 0 saturated heterocycles. The molecule has 0 amide bonds. The number of rotatable bonds is 5. The first-order valence-corrected chi connectivity index (χ1v) is 7.63. The minimum Gasteiger partial charge on any atom is -0.350 e. The van der Waals surface area contributed by atoms with Gasteiger partial charge in [0.25, 0.3) is 0 Å². The van der Waals surface area contributed by atoms with Crippen molar-refractivity contribution in [3.63, 3.8) is 0 Å². The van der Waals surface area contributed by atoms with Crippen LogP contribution in [0.4, 0.5) is 17.5 Å². The third-order valence-electron chi connectivity index (χ3n) is 3.50. The van der Waals surface area contributed by atoms with Crippen LogP contribution >= 0.6 is 0 Å². The lowest BCUT2D eigenvalue weighted by atomic mass is 10.1. The Balaban J connectivity index is 1.71. The fraction of sp³-hybridized carbons (Fsp3) is 0.105. The van der Waals surface area contributed by atoms with Gasteiger partial charge in [-0.15, -0.1) is 0 Å². The zero-order chi connectivity index (χ0) is 16.8. The summed E-state index contributed by atoms with van der Waals surface area (Å²) in [6.07, 6.45) is 1.68. The molecule has 0 aliphatic carbocycles. The Morgan fingerprint density at radius 1 is 1.08 bits per heavy atom. The predicted octanol–water partition coefficient (Wildman–Crippen LogP) is 4.01. The molecule has 0 saturated carbocycles. The number of hydrogen-bond acceptors (Lipinski definition) is 5. The summed E-state index contributed by atoms with van der Waals surface area (Å²) in [5.74, 6) is 1.18. The molecule has 0 radical (unpaired) electrons. The van der Waals surface area contributed by atoms with Gasteiger partial charge in [-0.25, -0.2) is 4.98 Å². The molecule has 5 nitrogen and oxygen atoms in total. The van der Waals surface area contributed by atoms with Crippen molar-refractivity contribution in [2.24, 2.45) is 0 Å². The van der Waals surface area contributed by atoms with E-state index in [9.17, 15) is 0 Å². The van der Waals surface area contributed by atoms with Crippen molar-refractivity contribution < 1.29 is 0 Å². The molecule has 118 valence electrons. The van der Waals surface area contributed by atoms with Gasteiger partial charge in [-0.2, -0.15) is 10.2 Å². The highest BCUT2D eigenvalue weighted by Gasteiger charge is 2.04. The summed E-state index contributed by atoms with van der Waals surface area (Å²) in [7, 11) is 0. The molecule has 3 rings (SSSR count). The maximum atomic E-state index is 9.15. The molecular weight excluding hydrogens is 298 g/mol. The second-order valence-corrected chi connectivity index (χ2v) is 5.39. The van der Waals surface area contributed by atoms with Crippen molar-refractivity contribution >= 4 is 17.5 Å². The van der Waals surface area contributed by atoms with Gasteiger partial charge in [0.2, 0.25) is 5.95 Å². The quantitative estimate of drug-likeness (QED) is 0.744. The van der Waals surface area contributed by atoms with Crippen LogP contribution in [-0.2, 0) is 6.54 Å². The minimum absolute atomic E-state index is 0.538. The molecule has 1 heterocycles. The second kappa shape index (κ2) is 7.25. The van der Waals surface area contributed by atoms with Crippen molar-refractivity contribution in [3.8, 4) is 6.07 Å². The Morgan fingerprint density at radius 2 is 1.96 bits per heavy atom. The zero-order valence-electron chi connectivity index (χ0n) is 13.3. The Kier molecular flexibility index (Phi) is 4.68. The van der Waals surface area contributed by atoms with Crippen molar-refractivity contribution in [2.75, 3.05) is 10.6 Å². The van der Waals surface area contributed by atoms with Crippen LogP contribution in [-0.4, -0.2) is 9.97 Å². The minimum atomic E-state index is 0.538. The summed E-state index contributed by atoms with van der Waals surface area (Å²) in [6, 6.07) is 19.5. The Morgan fingerprint density at radius 3 is 2.79 bits per heavy atom. The highest BCUT2D eigenvalue weighted by molar-refractivity contribution is 5.64. The maximum Gasteiger partial charge on any atom is 0.224 e. The van der Waals surface area contributed by atoms with Crippen LogP contribution < -0.4 is 10.6 Å². The highest BCUT2D eigenvalue weighted by Crippen LogP contribution is 2.19. The van der Waals surface area contributed by atoms with Gasteiger partial charge in [0.05, 0.1) is 11.3 Å². The van der Waals surface area contributed by atoms with Gasteiger partial charge in [0.1, 0.15) is 11.9 Å². The Labute approximate surface area is 141 Å². The van der Waals surface area contributed by atoms with E-state index in [4.69, 9.17) is 5.26 Å². The Hall–Kier alpha value is -3.39. The SMILES string of the molecule is Cc1cccc(CNc2nccc(Nc3ccccc3C#N)n2)c1. The molecule has 0 spiro atoms. The number of aryl methyl sites for hydroxylation is 1. The van der Waals surface area contributed by atoms with E-state index in [0.717, 1.165) is 5.69 Å². The largest absolute Gasteiger partial charge is 0.350 e. The number of nitriles is 1. The summed E-state index contributed by atoms with van der Waals surface area (Å²) in [5, 5.41) is 15.5. The third-order valence-corrected chi connectivity index (χ3v) is 3.50. The second-order valence-electron chi connectivity index (χ2n) is 5.39. The molecule has 24 heavy (non-hydrogen) atoms. The number of nitrogens with zero attached hydrogens (tertiary/aromatic N) is 3. The molecule has 5 heteroatoms. The molecule has 1 aromatic heterocycles. The molecule has 2 aromatic carbocycles. The smallest absolute Gasteiger partial charge is 0.224 e. The number of para-hydroxylation sites is 1. The molecule has 0 aliphatic heterocycles. The van der Waals surface area contributed by atoms with Gasteiger partial charge >= 0.3 is 0 Å². The first-order valence-electron chi connectivity index (χ1n) is 7.63. The van der Waals surface area contributed by atoms with E-state index in [-0.39, 0.29) is 0 Å². The standard InChI is InChI=1S/C19H17N5/c1-14-5-4-6-15(11-14)13-22-19-21-10-9-18(24-19)23-17-8-3-2-7-16(17)12-20/h2-11H,13H2,1H3,(H2,21,22,23,24). The summed E-state index contributed by atoms with van der Waals surface area (Å²) in [4.78, 5) is 8.67. The molecular formula is C19H17N5. The first-order chi connectivity index (χ1) is 11.7. The lowest BCUT2D eigenvalue weighted by molar-refractivity contribution is 1.05. The zero-order valence-corrected chi connectivity index (χ0v) is 13.3. The van der Waals surface area contributed by atoms with Crippen molar-refractivity contribution in [1.29, 1.82) is 5.26 Å². The topological polar surface area (TPSA) is 73.6 Å². The number of hydrogen-bond donors (Lipinski definition) is 2. The van der Waals surface area contributed by atoms with Gasteiger partial charge in [-0.1, -0.05) is 42.0 Å². The molecule has 2 N–H and O–H groups in total. The van der Waals surface area contributed by atoms with E-state index < -0.39 is 0 Å². The fourth-order valence-corrected chi connectivity index (χ4v) is 2.34. The van der Waals surface area contributed by atoms with Crippen LogP contribution in [0.3, 0.4) is 0 Å². The lowest BCUT2D eigenvalue weighted by Crippen LogP contribution is -2.05. The van der Waals surface area contributed by atoms with E-state index in [2.05, 4.69) is 51.8 Å². The summed E-state index contributed by atoms with van der Waals surface area (Å²) in [6.45, 7) is 2.72. The average Bonchev–Trinajstić information content (AvgIpc) is 2.61. The van der Waals surface area contributed by atoms with Crippen LogP contribution in [0.5, 0.6) is 0 Å². The van der Waals surface area contributed by atoms with Crippen LogP contribution in [0.1, 0.15) is 16.7 Å². The summed E-state index contributed by atoms with van der Waals surface area (Å²) >= 11 is 0. The van der Waals surface area contributed by atoms with E-state index in [1.54, 1.807) is 18.3 Å². The third kappa shape index (κ3) is 3.87. The Bertz CT molecular complexity index is 883. The van der Waals surface area contributed by atoms with E-state index in [1.807, 2.05) is 24.3 Å².